The maximum Gasteiger partial charge on any atom is 0.123 e. The first-order chi connectivity index (χ1) is 7.63. The maximum absolute atomic E-state index is 5.78. The topological polar surface area (TPSA) is 38.5 Å². The van der Waals surface area contributed by atoms with Gasteiger partial charge in [-0.3, -0.25) is 0 Å². The van der Waals surface area contributed by atoms with E-state index in [1.165, 1.54) is 0 Å². The number of benzene rings is 1. The highest BCUT2D eigenvalue weighted by Gasteiger charge is 2.06. The van der Waals surface area contributed by atoms with Gasteiger partial charge in [-0.1, -0.05) is 25.1 Å². The zero-order valence-electron chi connectivity index (χ0n) is 10.4. The fourth-order valence-corrected chi connectivity index (χ4v) is 1.72. The van der Waals surface area contributed by atoms with Crippen LogP contribution < -0.4 is 10.5 Å². The molecule has 1 aromatic carbocycles. The van der Waals surface area contributed by atoms with E-state index in [-0.39, 0.29) is 0 Å². The van der Waals surface area contributed by atoms with Gasteiger partial charge in [-0.25, -0.2) is 0 Å². The molecule has 3 nitrogen and oxygen atoms in total. The molecule has 2 N–H and O–H groups in total. The second-order valence-electron chi connectivity index (χ2n) is 4.49. The number of nitrogens with two attached hydrogens (primary N) is 1. The number of rotatable bonds is 6. The van der Waals surface area contributed by atoms with Crippen LogP contribution in [-0.4, -0.2) is 32.1 Å². The quantitative estimate of drug-likeness (QED) is 0.796. The zero-order valence-corrected chi connectivity index (χ0v) is 10.4. The van der Waals surface area contributed by atoms with E-state index >= 15 is 0 Å². The average Bonchev–Trinajstić information content (AvgIpc) is 2.26. The van der Waals surface area contributed by atoms with Crippen LogP contribution in [0.1, 0.15) is 12.5 Å². The summed E-state index contributed by atoms with van der Waals surface area (Å²) in [7, 11) is 4.15. The van der Waals surface area contributed by atoms with Crippen LogP contribution in [0.5, 0.6) is 5.75 Å². The summed E-state index contributed by atoms with van der Waals surface area (Å²) in [5, 5.41) is 0. The number of para-hydroxylation sites is 1. The molecule has 1 rings (SSSR count). The number of hydrogen-bond donors (Lipinski definition) is 1. The first-order valence-electron chi connectivity index (χ1n) is 5.69. The highest BCUT2D eigenvalue weighted by Crippen LogP contribution is 2.17. The molecule has 90 valence electrons. The van der Waals surface area contributed by atoms with Gasteiger partial charge in [-0.2, -0.15) is 0 Å². The van der Waals surface area contributed by atoms with Crippen molar-refractivity contribution in [2.45, 2.75) is 13.5 Å². The predicted octanol–water partition coefficient (Wildman–Crippen LogP) is 1.72. The molecule has 0 radical (unpaired) electrons. The van der Waals surface area contributed by atoms with Gasteiger partial charge in [0, 0.05) is 24.6 Å². The van der Waals surface area contributed by atoms with Crippen molar-refractivity contribution >= 4 is 0 Å². The molecule has 0 aromatic heterocycles. The summed E-state index contributed by atoms with van der Waals surface area (Å²) in [6.07, 6.45) is 0. The lowest BCUT2D eigenvalue weighted by Crippen LogP contribution is -2.24. The van der Waals surface area contributed by atoms with Gasteiger partial charge in [0.25, 0.3) is 0 Å². The molecule has 1 atom stereocenters. The van der Waals surface area contributed by atoms with E-state index in [1.54, 1.807) is 0 Å². The van der Waals surface area contributed by atoms with Crippen molar-refractivity contribution in [1.82, 2.24) is 4.90 Å². The average molecular weight is 222 g/mol. The molecule has 0 amide bonds. The van der Waals surface area contributed by atoms with Crippen molar-refractivity contribution in [3.05, 3.63) is 29.8 Å². The summed E-state index contributed by atoms with van der Waals surface area (Å²) in [4.78, 5) is 2.17. The number of ether oxygens (including phenoxy) is 1. The Balaban J connectivity index is 2.47. The van der Waals surface area contributed by atoms with Crippen LogP contribution in [0, 0.1) is 5.92 Å². The normalized spacial score (nSPS) is 12.8. The zero-order chi connectivity index (χ0) is 12.0. The van der Waals surface area contributed by atoms with Crippen LogP contribution in [0.15, 0.2) is 24.3 Å². The van der Waals surface area contributed by atoms with Gasteiger partial charge in [-0.15, -0.1) is 0 Å². The minimum Gasteiger partial charge on any atom is -0.493 e. The van der Waals surface area contributed by atoms with Crippen LogP contribution in [0.3, 0.4) is 0 Å². The van der Waals surface area contributed by atoms with Crippen molar-refractivity contribution in [1.29, 1.82) is 0 Å². The van der Waals surface area contributed by atoms with E-state index in [1.807, 2.05) is 24.3 Å². The Hall–Kier alpha value is -1.06. The van der Waals surface area contributed by atoms with Gasteiger partial charge in [0.2, 0.25) is 0 Å². The molecule has 1 unspecified atom stereocenters. The molecular formula is C13H22N2O. The highest BCUT2D eigenvalue weighted by atomic mass is 16.5. The monoisotopic (exact) mass is 222 g/mol. The molecule has 0 aliphatic carbocycles. The number of nitrogens with zero attached hydrogens (tertiary/aromatic N) is 1. The molecule has 0 saturated carbocycles. The third-order valence-electron chi connectivity index (χ3n) is 2.39. The second-order valence-corrected chi connectivity index (χ2v) is 4.49. The Bertz CT molecular complexity index is 313. The molecule has 0 fully saturated rings. The van der Waals surface area contributed by atoms with E-state index in [4.69, 9.17) is 10.5 Å². The molecule has 0 bridgehead atoms. The molecule has 0 saturated heterocycles. The molecule has 0 aliphatic heterocycles. The summed E-state index contributed by atoms with van der Waals surface area (Å²) in [5.41, 5.74) is 6.72. The van der Waals surface area contributed by atoms with Crippen molar-refractivity contribution < 1.29 is 4.74 Å². The first-order valence-corrected chi connectivity index (χ1v) is 5.69. The molecular weight excluding hydrogens is 200 g/mol. The lowest BCUT2D eigenvalue weighted by Gasteiger charge is -2.18. The number of hydrogen-bond acceptors (Lipinski definition) is 3. The Kier molecular flexibility index (Phi) is 5.29. The Morgan fingerprint density at radius 2 is 2.00 bits per heavy atom. The standard InChI is InChI=1S/C13H22N2O/c1-11(9-15(2)3)10-16-13-7-5-4-6-12(13)8-14/h4-7,11H,8-10,14H2,1-3H3. The van der Waals surface area contributed by atoms with Gasteiger partial charge in [-0.05, 0) is 20.2 Å². The summed E-state index contributed by atoms with van der Waals surface area (Å²) in [5.74, 6) is 1.43. The largest absolute Gasteiger partial charge is 0.493 e. The molecule has 16 heavy (non-hydrogen) atoms. The van der Waals surface area contributed by atoms with E-state index in [0.717, 1.165) is 24.5 Å². The van der Waals surface area contributed by atoms with Crippen molar-refractivity contribution in [3.8, 4) is 5.75 Å². The van der Waals surface area contributed by atoms with Crippen molar-refractivity contribution in [2.24, 2.45) is 11.7 Å². The van der Waals surface area contributed by atoms with E-state index in [0.29, 0.717) is 12.5 Å². The first kappa shape index (κ1) is 13.0. The lowest BCUT2D eigenvalue weighted by molar-refractivity contribution is 0.221. The second kappa shape index (κ2) is 6.51. The van der Waals surface area contributed by atoms with Crippen LogP contribution in [-0.2, 0) is 6.54 Å². The molecule has 0 heterocycles. The van der Waals surface area contributed by atoms with Crippen LogP contribution in [0.4, 0.5) is 0 Å². The van der Waals surface area contributed by atoms with Gasteiger partial charge in [0.1, 0.15) is 5.75 Å². The Morgan fingerprint density at radius 1 is 1.31 bits per heavy atom. The van der Waals surface area contributed by atoms with E-state index < -0.39 is 0 Å². The van der Waals surface area contributed by atoms with Crippen molar-refractivity contribution in [3.63, 3.8) is 0 Å². The predicted molar refractivity (Wildman–Crippen MR) is 67.5 cm³/mol. The highest BCUT2D eigenvalue weighted by molar-refractivity contribution is 5.32. The molecule has 0 aliphatic rings. The minimum atomic E-state index is 0.515. The smallest absolute Gasteiger partial charge is 0.123 e. The van der Waals surface area contributed by atoms with Gasteiger partial charge >= 0.3 is 0 Å². The van der Waals surface area contributed by atoms with Crippen LogP contribution >= 0.6 is 0 Å². The molecule has 3 heteroatoms. The molecule has 1 aromatic rings. The molecule has 0 spiro atoms. The third-order valence-corrected chi connectivity index (χ3v) is 2.39. The van der Waals surface area contributed by atoms with Gasteiger partial charge in [0.15, 0.2) is 0 Å². The van der Waals surface area contributed by atoms with Crippen LogP contribution in [0.25, 0.3) is 0 Å². The maximum atomic E-state index is 5.78. The fraction of sp³-hybridized carbons (Fsp3) is 0.538. The summed E-state index contributed by atoms with van der Waals surface area (Å²) in [6, 6.07) is 7.94. The third kappa shape index (κ3) is 4.21. The van der Waals surface area contributed by atoms with E-state index in [9.17, 15) is 0 Å². The van der Waals surface area contributed by atoms with Gasteiger partial charge < -0.3 is 15.4 Å². The van der Waals surface area contributed by atoms with Gasteiger partial charge in [0.05, 0.1) is 6.61 Å². The minimum absolute atomic E-state index is 0.515. The SMILES string of the molecule is CC(COc1ccccc1CN)CN(C)C. The lowest BCUT2D eigenvalue weighted by atomic mass is 10.2. The summed E-state index contributed by atoms with van der Waals surface area (Å²) >= 11 is 0. The Morgan fingerprint density at radius 3 is 2.62 bits per heavy atom. The van der Waals surface area contributed by atoms with Crippen LogP contribution in [0.2, 0.25) is 0 Å². The fourth-order valence-electron chi connectivity index (χ4n) is 1.72. The van der Waals surface area contributed by atoms with Crippen molar-refractivity contribution in [2.75, 3.05) is 27.2 Å². The van der Waals surface area contributed by atoms with E-state index in [2.05, 4.69) is 25.9 Å². The Labute approximate surface area is 98.2 Å². The summed E-state index contributed by atoms with van der Waals surface area (Å²) in [6.45, 7) is 4.48. The summed E-state index contributed by atoms with van der Waals surface area (Å²) < 4.78 is 5.78.